The summed E-state index contributed by atoms with van der Waals surface area (Å²) in [6.07, 6.45) is 3.38. The molecule has 148 valence electrons. The molecule has 2 aromatic carbocycles. The van der Waals surface area contributed by atoms with E-state index < -0.39 is 5.97 Å². The molecule has 2 N–H and O–H groups in total. The molecule has 0 atom stereocenters. The molecule has 8 heteroatoms. The first-order chi connectivity index (χ1) is 14.0. The van der Waals surface area contributed by atoms with Crippen LogP contribution in [0.5, 0.6) is 11.5 Å². The zero-order valence-electron chi connectivity index (χ0n) is 15.5. The second kappa shape index (κ2) is 9.11. The van der Waals surface area contributed by atoms with E-state index in [9.17, 15) is 9.59 Å². The van der Waals surface area contributed by atoms with E-state index in [1.54, 1.807) is 43.5 Å². The number of aliphatic imine (C=N–C) groups is 1. The van der Waals surface area contributed by atoms with Crippen LogP contribution in [0.2, 0.25) is 0 Å². The Morgan fingerprint density at radius 3 is 2.66 bits per heavy atom. The molecule has 1 heterocycles. The topological polar surface area (TPSA) is 97.2 Å². The molecule has 1 amide bonds. The molecule has 7 nitrogen and oxygen atoms in total. The normalized spacial score (nSPS) is 16.0. The fourth-order valence-electron chi connectivity index (χ4n) is 2.47. The predicted molar refractivity (Wildman–Crippen MR) is 113 cm³/mol. The van der Waals surface area contributed by atoms with Crippen LogP contribution in [0.25, 0.3) is 6.08 Å². The average Bonchev–Trinajstić information content (AvgIpc) is 3.05. The van der Waals surface area contributed by atoms with E-state index in [1.807, 2.05) is 6.07 Å². The number of ether oxygens (including phenoxy) is 2. The van der Waals surface area contributed by atoms with Crippen LogP contribution < -0.4 is 14.8 Å². The standard InChI is InChI=1S/C21H18N2O5S/c1-3-10-28-16-9-4-13(11-17(16)27-2)12-18-19(24)23-21(29-18)22-15-7-5-14(6-8-15)20(25)26/h3-9,11-12H,1,10H2,2H3,(H,25,26)(H,22,23,24)/b18-12-. The SMILES string of the molecule is C=CCOc1ccc(/C=C2\SC(=Nc3ccc(C(=O)O)cc3)NC2=O)cc1OC. The zero-order valence-corrected chi connectivity index (χ0v) is 16.4. The molecule has 0 aromatic heterocycles. The Bertz CT molecular complexity index is 1010. The number of hydrogen-bond acceptors (Lipinski definition) is 6. The van der Waals surface area contributed by atoms with Gasteiger partial charge >= 0.3 is 5.97 Å². The summed E-state index contributed by atoms with van der Waals surface area (Å²) in [6.45, 7) is 3.98. The number of aromatic carboxylic acids is 1. The molecule has 0 unspecified atom stereocenters. The first-order valence-corrected chi connectivity index (χ1v) is 9.36. The lowest BCUT2D eigenvalue weighted by atomic mass is 10.2. The van der Waals surface area contributed by atoms with Gasteiger partial charge in [-0.15, -0.1) is 0 Å². The number of carbonyl (C=O) groups excluding carboxylic acids is 1. The summed E-state index contributed by atoms with van der Waals surface area (Å²) in [4.78, 5) is 28.0. The molecule has 1 fully saturated rings. The Morgan fingerprint density at radius 1 is 1.24 bits per heavy atom. The van der Waals surface area contributed by atoms with Crippen LogP contribution >= 0.6 is 11.8 Å². The van der Waals surface area contributed by atoms with Crippen LogP contribution in [0.15, 0.2) is 65.0 Å². The number of thioether (sulfide) groups is 1. The van der Waals surface area contributed by atoms with Crippen molar-refractivity contribution >= 4 is 40.6 Å². The molecule has 29 heavy (non-hydrogen) atoms. The third-order valence-corrected chi connectivity index (χ3v) is 4.75. The molecule has 0 aliphatic carbocycles. The van der Waals surface area contributed by atoms with E-state index in [2.05, 4.69) is 16.9 Å². The lowest BCUT2D eigenvalue weighted by Gasteiger charge is -2.09. The van der Waals surface area contributed by atoms with Crippen molar-refractivity contribution in [2.45, 2.75) is 0 Å². The van der Waals surface area contributed by atoms with Crippen molar-refractivity contribution in [2.24, 2.45) is 4.99 Å². The molecule has 0 spiro atoms. The van der Waals surface area contributed by atoms with E-state index in [1.165, 1.54) is 23.9 Å². The molecule has 2 aromatic rings. The highest BCUT2D eigenvalue weighted by Gasteiger charge is 2.24. The van der Waals surface area contributed by atoms with Crippen molar-refractivity contribution < 1.29 is 24.2 Å². The molecular formula is C21H18N2O5S. The van der Waals surface area contributed by atoms with E-state index in [0.717, 1.165) is 5.56 Å². The Balaban J connectivity index is 1.78. The maximum Gasteiger partial charge on any atom is 0.335 e. The summed E-state index contributed by atoms with van der Waals surface area (Å²) in [5, 5.41) is 12.1. The van der Waals surface area contributed by atoms with Crippen molar-refractivity contribution in [3.05, 3.63) is 71.2 Å². The number of benzene rings is 2. The molecule has 3 rings (SSSR count). The van der Waals surface area contributed by atoms with Gasteiger partial charge in [-0.3, -0.25) is 4.79 Å². The van der Waals surface area contributed by atoms with Gasteiger partial charge in [0, 0.05) is 0 Å². The average molecular weight is 410 g/mol. The lowest BCUT2D eigenvalue weighted by Crippen LogP contribution is -2.19. The highest BCUT2D eigenvalue weighted by Crippen LogP contribution is 2.32. The minimum Gasteiger partial charge on any atom is -0.493 e. The number of carboxylic acid groups (broad SMARTS) is 1. The molecule has 1 aliphatic heterocycles. The number of methoxy groups -OCH3 is 1. The van der Waals surface area contributed by atoms with Crippen LogP contribution in [-0.2, 0) is 4.79 Å². The van der Waals surface area contributed by atoms with Crippen molar-refractivity contribution in [3.63, 3.8) is 0 Å². The number of carboxylic acids is 1. The largest absolute Gasteiger partial charge is 0.493 e. The predicted octanol–water partition coefficient (Wildman–Crippen LogP) is 3.85. The minimum absolute atomic E-state index is 0.173. The van der Waals surface area contributed by atoms with Crippen LogP contribution in [0.3, 0.4) is 0 Å². The highest BCUT2D eigenvalue weighted by atomic mass is 32.2. The number of nitrogens with zero attached hydrogens (tertiary/aromatic N) is 1. The van der Waals surface area contributed by atoms with Crippen LogP contribution in [0.1, 0.15) is 15.9 Å². The monoisotopic (exact) mass is 410 g/mol. The summed E-state index contributed by atoms with van der Waals surface area (Å²) in [5.41, 5.74) is 1.49. The van der Waals surface area contributed by atoms with Crippen molar-refractivity contribution in [3.8, 4) is 11.5 Å². The summed E-state index contributed by atoms with van der Waals surface area (Å²) in [7, 11) is 1.55. The van der Waals surface area contributed by atoms with E-state index >= 15 is 0 Å². The van der Waals surface area contributed by atoms with Gasteiger partial charge in [-0.05, 0) is 59.8 Å². The van der Waals surface area contributed by atoms with Gasteiger partial charge in [0.1, 0.15) is 6.61 Å². The number of hydrogen-bond donors (Lipinski definition) is 2. The quantitative estimate of drug-likeness (QED) is 0.532. The zero-order chi connectivity index (χ0) is 20.8. The molecule has 1 saturated heterocycles. The van der Waals surface area contributed by atoms with Gasteiger partial charge in [0.25, 0.3) is 5.91 Å². The fraction of sp³-hybridized carbons (Fsp3) is 0.0952. The van der Waals surface area contributed by atoms with Gasteiger partial charge in [0.05, 0.1) is 23.3 Å². The maximum absolute atomic E-state index is 12.3. The Morgan fingerprint density at radius 2 is 2.00 bits per heavy atom. The van der Waals surface area contributed by atoms with Crippen LogP contribution in [0, 0.1) is 0 Å². The summed E-state index contributed by atoms with van der Waals surface area (Å²) in [5.74, 6) is -0.127. The van der Waals surface area contributed by atoms with Gasteiger partial charge < -0.3 is 19.9 Å². The van der Waals surface area contributed by atoms with Crippen molar-refractivity contribution in [1.29, 1.82) is 0 Å². The van der Waals surface area contributed by atoms with Crippen molar-refractivity contribution in [2.75, 3.05) is 13.7 Å². The lowest BCUT2D eigenvalue weighted by molar-refractivity contribution is -0.115. The number of nitrogens with one attached hydrogen (secondary N) is 1. The Kier molecular flexibility index (Phi) is 6.36. The van der Waals surface area contributed by atoms with Gasteiger partial charge in [0.2, 0.25) is 0 Å². The third kappa shape index (κ3) is 5.05. The molecule has 1 aliphatic rings. The number of amides is 1. The molecular weight excluding hydrogens is 392 g/mol. The first-order valence-electron chi connectivity index (χ1n) is 8.55. The van der Waals surface area contributed by atoms with Crippen molar-refractivity contribution in [1.82, 2.24) is 5.32 Å². The van der Waals surface area contributed by atoms with Gasteiger partial charge in [-0.2, -0.15) is 0 Å². The number of rotatable bonds is 7. The van der Waals surface area contributed by atoms with Gasteiger partial charge in [0.15, 0.2) is 16.7 Å². The number of amidine groups is 1. The Hall–Kier alpha value is -3.52. The van der Waals surface area contributed by atoms with Crippen LogP contribution in [0.4, 0.5) is 5.69 Å². The first kappa shape index (κ1) is 20.2. The summed E-state index contributed by atoms with van der Waals surface area (Å²) in [6, 6.07) is 11.5. The molecule has 0 bridgehead atoms. The third-order valence-electron chi connectivity index (χ3n) is 3.84. The highest BCUT2D eigenvalue weighted by molar-refractivity contribution is 8.18. The second-order valence-corrected chi connectivity index (χ2v) is 6.87. The second-order valence-electron chi connectivity index (χ2n) is 5.84. The fourth-order valence-corrected chi connectivity index (χ4v) is 3.31. The smallest absolute Gasteiger partial charge is 0.335 e. The summed E-state index contributed by atoms with van der Waals surface area (Å²) < 4.78 is 10.9. The minimum atomic E-state index is -1.01. The van der Waals surface area contributed by atoms with E-state index in [4.69, 9.17) is 14.6 Å². The maximum atomic E-state index is 12.3. The summed E-state index contributed by atoms with van der Waals surface area (Å²) >= 11 is 1.20. The van der Waals surface area contributed by atoms with Gasteiger partial charge in [-0.1, -0.05) is 18.7 Å². The number of carbonyl (C=O) groups is 2. The van der Waals surface area contributed by atoms with E-state index in [0.29, 0.717) is 33.9 Å². The Labute approximate surface area is 171 Å². The van der Waals surface area contributed by atoms with E-state index in [-0.39, 0.29) is 11.5 Å². The molecule has 0 radical (unpaired) electrons. The van der Waals surface area contributed by atoms with Crippen LogP contribution in [-0.4, -0.2) is 35.9 Å². The molecule has 0 saturated carbocycles. The van der Waals surface area contributed by atoms with Gasteiger partial charge in [-0.25, -0.2) is 9.79 Å².